The summed E-state index contributed by atoms with van der Waals surface area (Å²) in [4.78, 5) is 13.4. The SMILES string of the molecule is CN(C(=O)OC(C)(C)CN)C1CCNC1. The maximum absolute atomic E-state index is 11.7. The van der Waals surface area contributed by atoms with E-state index in [1.165, 1.54) is 0 Å². The van der Waals surface area contributed by atoms with Crippen LogP contribution >= 0.6 is 0 Å². The van der Waals surface area contributed by atoms with Crippen molar-refractivity contribution in [3.05, 3.63) is 0 Å². The Morgan fingerprint density at radius 2 is 2.33 bits per heavy atom. The smallest absolute Gasteiger partial charge is 0.410 e. The molecule has 88 valence electrons. The second-order valence-electron chi connectivity index (χ2n) is 4.59. The molecule has 1 unspecified atom stereocenters. The Hall–Kier alpha value is -0.810. The summed E-state index contributed by atoms with van der Waals surface area (Å²) < 4.78 is 5.30. The Bertz CT molecular complexity index is 225. The zero-order valence-corrected chi connectivity index (χ0v) is 9.75. The monoisotopic (exact) mass is 215 g/mol. The third-order valence-electron chi connectivity index (χ3n) is 2.73. The predicted octanol–water partition coefficient (Wildman–Crippen LogP) is 0.154. The van der Waals surface area contributed by atoms with Crippen molar-refractivity contribution in [3.63, 3.8) is 0 Å². The Balaban J connectivity index is 2.45. The summed E-state index contributed by atoms with van der Waals surface area (Å²) in [7, 11) is 1.77. The molecule has 0 bridgehead atoms. The van der Waals surface area contributed by atoms with Gasteiger partial charge in [0, 0.05) is 26.2 Å². The summed E-state index contributed by atoms with van der Waals surface area (Å²) in [6.45, 7) is 5.75. The molecule has 0 aromatic heterocycles. The second-order valence-corrected chi connectivity index (χ2v) is 4.59. The highest BCUT2D eigenvalue weighted by Crippen LogP contribution is 2.13. The van der Waals surface area contributed by atoms with Crippen LogP contribution in [0.3, 0.4) is 0 Å². The molecular weight excluding hydrogens is 194 g/mol. The second kappa shape index (κ2) is 4.81. The average molecular weight is 215 g/mol. The van der Waals surface area contributed by atoms with Gasteiger partial charge in [-0.15, -0.1) is 0 Å². The Kier molecular flexibility index (Phi) is 3.93. The van der Waals surface area contributed by atoms with Crippen LogP contribution in [0.5, 0.6) is 0 Å². The van der Waals surface area contributed by atoms with E-state index in [1.54, 1.807) is 11.9 Å². The summed E-state index contributed by atoms with van der Waals surface area (Å²) in [5.41, 5.74) is 4.91. The van der Waals surface area contributed by atoms with Crippen LogP contribution in [0.1, 0.15) is 20.3 Å². The van der Waals surface area contributed by atoms with E-state index in [4.69, 9.17) is 10.5 Å². The van der Waals surface area contributed by atoms with Crippen molar-refractivity contribution in [1.29, 1.82) is 0 Å². The lowest BCUT2D eigenvalue weighted by atomic mass is 10.1. The van der Waals surface area contributed by atoms with Crippen molar-refractivity contribution in [2.45, 2.75) is 31.9 Å². The molecule has 1 fully saturated rings. The molecule has 0 aromatic rings. The van der Waals surface area contributed by atoms with Crippen molar-refractivity contribution < 1.29 is 9.53 Å². The van der Waals surface area contributed by atoms with E-state index < -0.39 is 5.60 Å². The molecule has 1 aliphatic heterocycles. The highest BCUT2D eigenvalue weighted by molar-refractivity contribution is 5.68. The van der Waals surface area contributed by atoms with E-state index in [-0.39, 0.29) is 12.1 Å². The van der Waals surface area contributed by atoms with Crippen LogP contribution in [-0.2, 0) is 4.74 Å². The molecule has 1 atom stereocenters. The number of nitrogens with two attached hydrogens (primary N) is 1. The fourth-order valence-electron chi connectivity index (χ4n) is 1.47. The summed E-state index contributed by atoms with van der Waals surface area (Å²) in [5.74, 6) is 0. The van der Waals surface area contributed by atoms with Gasteiger partial charge in [-0.25, -0.2) is 4.79 Å². The third-order valence-corrected chi connectivity index (χ3v) is 2.73. The van der Waals surface area contributed by atoms with Crippen molar-refractivity contribution in [3.8, 4) is 0 Å². The standard InChI is InChI=1S/C10H21N3O2/c1-10(2,7-11)15-9(14)13(3)8-4-5-12-6-8/h8,12H,4-7,11H2,1-3H3. The maximum Gasteiger partial charge on any atom is 0.410 e. The lowest BCUT2D eigenvalue weighted by Gasteiger charge is -2.29. The Morgan fingerprint density at radius 1 is 1.67 bits per heavy atom. The van der Waals surface area contributed by atoms with Gasteiger partial charge in [0.25, 0.3) is 0 Å². The first-order chi connectivity index (χ1) is 6.96. The van der Waals surface area contributed by atoms with Gasteiger partial charge >= 0.3 is 6.09 Å². The number of likely N-dealkylation sites (N-methyl/N-ethyl adjacent to an activating group) is 1. The number of rotatable bonds is 3. The molecule has 1 amide bonds. The zero-order chi connectivity index (χ0) is 11.5. The van der Waals surface area contributed by atoms with Gasteiger partial charge in [-0.05, 0) is 26.8 Å². The maximum atomic E-state index is 11.7. The molecule has 0 radical (unpaired) electrons. The van der Waals surface area contributed by atoms with Gasteiger partial charge in [0.1, 0.15) is 5.60 Å². The lowest BCUT2D eigenvalue weighted by molar-refractivity contribution is 0.0177. The number of carbonyl (C=O) groups excluding carboxylic acids is 1. The van der Waals surface area contributed by atoms with E-state index in [2.05, 4.69) is 5.32 Å². The van der Waals surface area contributed by atoms with E-state index in [1.807, 2.05) is 13.8 Å². The van der Waals surface area contributed by atoms with Gasteiger partial charge in [-0.3, -0.25) is 0 Å². The zero-order valence-electron chi connectivity index (χ0n) is 9.75. The van der Waals surface area contributed by atoms with E-state index in [9.17, 15) is 4.79 Å². The predicted molar refractivity (Wildman–Crippen MR) is 58.7 cm³/mol. The molecule has 0 aromatic carbocycles. The minimum atomic E-state index is -0.586. The van der Waals surface area contributed by atoms with E-state index in [0.29, 0.717) is 6.54 Å². The summed E-state index contributed by atoms with van der Waals surface area (Å²) in [6.07, 6.45) is 0.688. The van der Waals surface area contributed by atoms with Gasteiger partial charge in [-0.2, -0.15) is 0 Å². The molecule has 1 saturated heterocycles. The molecule has 0 spiro atoms. The van der Waals surface area contributed by atoms with Gasteiger partial charge < -0.3 is 20.7 Å². The first-order valence-corrected chi connectivity index (χ1v) is 5.33. The summed E-state index contributed by atoms with van der Waals surface area (Å²) in [6, 6.07) is 0.242. The molecule has 0 saturated carbocycles. The first kappa shape index (κ1) is 12.3. The topological polar surface area (TPSA) is 67.6 Å². The van der Waals surface area contributed by atoms with Crippen molar-refractivity contribution in [2.24, 2.45) is 5.73 Å². The highest BCUT2D eigenvalue weighted by atomic mass is 16.6. The van der Waals surface area contributed by atoms with Crippen LogP contribution < -0.4 is 11.1 Å². The minimum Gasteiger partial charge on any atom is -0.442 e. The van der Waals surface area contributed by atoms with Crippen molar-refractivity contribution in [1.82, 2.24) is 10.2 Å². The van der Waals surface area contributed by atoms with Crippen LogP contribution in [0.15, 0.2) is 0 Å². The minimum absolute atomic E-state index is 0.242. The molecule has 5 heteroatoms. The average Bonchev–Trinajstić information content (AvgIpc) is 2.68. The van der Waals surface area contributed by atoms with Crippen molar-refractivity contribution in [2.75, 3.05) is 26.7 Å². The normalized spacial score (nSPS) is 21.5. The number of nitrogens with one attached hydrogen (secondary N) is 1. The van der Waals surface area contributed by atoms with Crippen LogP contribution in [0, 0.1) is 0 Å². The molecule has 15 heavy (non-hydrogen) atoms. The Morgan fingerprint density at radius 3 is 2.80 bits per heavy atom. The van der Waals surface area contributed by atoms with Gasteiger partial charge in [0.15, 0.2) is 0 Å². The molecule has 1 rings (SSSR count). The van der Waals surface area contributed by atoms with Gasteiger partial charge in [0.05, 0.1) is 0 Å². The lowest BCUT2D eigenvalue weighted by Crippen LogP contribution is -2.44. The molecule has 0 aliphatic carbocycles. The van der Waals surface area contributed by atoms with Crippen LogP contribution in [0.25, 0.3) is 0 Å². The van der Waals surface area contributed by atoms with Crippen LogP contribution in [0.2, 0.25) is 0 Å². The molecule has 3 N–H and O–H groups in total. The van der Waals surface area contributed by atoms with Crippen molar-refractivity contribution >= 4 is 6.09 Å². The van der Waals surface area contributed by atoms with Crippen LogP contribution in [0.4, 0.5) is 4.79 Å². The molecule has 5 nitrogen and oxygen atoms in total. The number of nitrogens with zero attached hydrogens (tertiary/aromatic N) is 1. The summed E-state index contributed by atoms with van der Waals surface area (Å²) in [5, 5.41) is 3.21. The van der Waals surface area contributed by atoms with Crippen LogP contribution in [-0.4, -0.2) is 49.3 Å². The molecule has 1 aliphatic rings. The first-order valence-electron chi connectivity index (χ1n) is 5.33. The molecular formula is C10H21N3O2. The van der Waals surface area contributed by atoms with Gasteiger partial charge in [0.2, 0.25) is 0 Å². The Labute approximate surface area is 90.9 Å². The number of carbonyl (C=O) groups is 1. The van der Waals surface area contributed by atoms with E-state index in [0.717, 1.165) is 19.5 Å². The number of amides is 1. The fourth-order valence-corrected chi connectivity index (χ4v) is 1.47. The third kappa shape index (κ3) is 3.35. The number of ether oxygens (including phenoxy) is 1. The summed E-state index contributed by atoms with van der Waals surface area (Å²) >= 11 is 0. The fraction of sp³-hybridized carbons (Fsp3) is 0.900. The largest absolute Gasteiger partial charge is 0.442 e. The number of hydrogen-bond acceptors (Lipinski definition) is 4. The number of hydrogen-bond donors (Lipinski definition) is 2. The van der Waals surface area contributed by atoms with Gasteiger partial charge in [-0.1, -0.05) is 0 Å². The highest BCUT2D eigenvalue weighted by Gasteiger charge is 2.28. The quantitative estimate of drug-likeness (QED) is 0.703. The van der Waals surface area contributed by atoms with E-state index >= 15 is 0 Å². The molecule has 1 heterocycles.